The van der Waals surface area contributed by atoms with Gasteiger partial charge in [0.15, 0.2) is 5.82 Å². The van der Waals surface area contributed by atoms with Crippen LogP contribution in [0.4, 0.5) is 0 Å². The molecule has 0 aliphatic carbocycles. The van der Waals surface area contributed by atoms with Crippen molar-refractivity contribution in [1.82, 2.24) is 29.4 Å². The highest BCUT2D eigenvalue weighted by atomic mass is 15.2. The van der Waals surface area contributed by atoms with Gasteiger partial charge in [-0.2, -0.15) is 5.10 Å². The lowest BCUT2D eigenvalue weighted by Crippen LogP contribution is -2.00. The molecule has 0 spiro atoms. The average molecular weight is 262 g/mol. The molecule has 6 heteroatoms. The molecule has 0 saturated heterocycles. The topological polar surface area (TPSA) is 60.9 Å². The van der Waals surface area contributed by atoms with E-state index in [1.54, 1.807) is 18.7 Å². The van der Waals surface area contributed by atoms with Crippen LogP contribution in [0, 0.1) is 0 Å². The largest absolute Gasteiger partial charge is 0.289 e. The first-order valence-electron chi connectivity index (χ1n) is 6.17. The molecule has 20 heavy (non-hydrogen) atoms. The van der Waals surface area contributed by atoms with E-state index in [1.807, 2.05) is 51.7 Å². The van der Waals surface area contributed by atoms with Gasteiger partial charge in [0.05, 0.1) is 17.4 Å². The zero-order valence-corrected chi connectivity index (χ0v) is 10.5. The van der Waals surface area contributed by atoms with Gasteiger partial charge in [-0.05, 0) is 30.3 Å². The molecule has 0 aliphatic heterocycles. The second-order valence-corrected chi connectivity index (χ2v) is 4.33. The summed E-state index contributed by atoms with van der Waals surface area (Å²) in [5.74, 6) is 0.735. The number of rotatable bonds is 2. The normalized spacial score (nSPS) is 11.0. The monoisotopic (exact) mass is 262 g/mol. The molecular formula is C14H10N6. The first-order valence-corrected chi connectivity index (χ1v) is 6.17. The Hall–Kier alpha value is -3.02. The Morgan fingerprint density at radius 1 is 0.900 bits per heavy atom. The Labute approximate surface area is 114 Å². The highest BCUT2D eigenvalue weighted by Crippen LogP contribution is 2.18. The van der Waals surface area contributed by atoms with Gasteiger partial charge in [-0.1, -0.05) is 6.07 Å². The molecule has 0 unspecified atom stereocenters. The summed E-state index contributed by atoms with van der Waals surface area (Å²) in [7, 11) is 0. The third-order valence-corrected chi connectivity index (χ3v) is 3.10. The van der Waals surface area contributed by atoms with E-state index in [4.69, 9.17) is 0 Å². The van der Waals surface area contributed by atoms with Crippen LogP contribution in [0.3, 0.4) is 0 Å². The van der Waals surface area contributed by atoms with E-state index < -0.39 is 0 Å². The summed E-state index contributed by atoms with van der Waals surface area (Å²) < 4.78 is 3.66. The first kappa shape index (κ1) is 10.9. The Balaban J connectivity index is 1.81. The Bertz CT molecular complexity index is 845. The molecule has 0 aromatic carbocycles. The van der Waals surface area contributed by atoms with Gasteiger partial charge in [-0.15, -0.1) is 10.2 Å². The summed E-state index contributed by atoms with van der Waals surface area (Å²) in [6.07, 6.45) is 7.00. The minimum Gasteiger partial charge on any atom is -0.289 e. The summed E-state index contributed by atoms with van der Waals surface area (Å²) in [6, 6.07) is 11.8. The van der Waals surface area contributed by atoms with Gasteiger partial charge < -0.3 is 0 Å². The SMILES string of the molecule is c1cc(-c2ccc(-n3ccnc3)nn2)n2nccc2c1. The smallest absolute Gasteiger partial charge is 0.160 e. The minimum absolute atomic E-state index is 0.735. The third kappa shape index (κ3) is 1.66. The van der Waals surface area contributed by atoms with Gasteiger partial charge in [0.25, 0.3) is 0 Å². The zero-order valence-electron chi connectivity index (χ0n) is 10.5. The molecule has 96 valence electrons. The molecule has 0 bridgehead atoms. The predicted molar refractivity (Wildman–Crippen MR) is 73.3 cm³/mol. The van der Waals surface area contributed by atoms with Crippen LogP contribution in [0.2, 0.25) is 0 Å². The van der Waals surface area contributed by atoms with Crippen molar-refractivity contribution in [2.75, 3.05) is 0 Å². The van der Waals surface area contributed by atoms with E-state index in [9.17, 15) is 0 Å². The van der Waals surface area contributed by atoms with Crippen LogP contribution in [-0.2, 0) is 0 Å². The van der Waals surface area contributed by atoms with Crippen molar-refractivity contribution in [3.05, 3.63) is 61.3 Å². The Morgan fingerprint density at radius 3 is 2.70 bits per heavy atom. The van der Waals surface area contributed by atoms with Gasteiger partial charge in [-0.25, -0.2) is 9.50 Å². The van der Waals surface area contributed by atoms with Crippen LogP contribution in [0.1, 0.15) is 0 Å². The second kappa shape index (κ2) is 4.27. The Morgan fingerprint density at radius 2 is 1.90 bits per heavy atom. The molecule has 4 heterocycles. The number of fused-ring (bicyclic) bond motifs is 1. The van der Waals surface area contributed by atoms with E-state index >= 15 is 0 Å². The molecule has 4 aromatic heterocycles. The van der Waals surface area contributed by atoms with E-state index in [0.29, 0.717) is 0 Å². The summed E-state index contributed by atoms with van der Waals surface area (Å²) in [4.78, 5) is 3.99. The number of hydrogen-bond donors (Lipinski definition) is 0. The molecule has 0 amide bonds. The molecule has 4 aromatic rings. The lowest BCUT2D eigenvalue weighted by Gasteiger charge is -2.05. The molecule has 0 N–H and O–H groups in total. The van der Waals surface area contributed by atoms with E-state index in [2.05, 4.69) is 20.3 Å². The van der Waals surface area contributed by atoms with Crippen molar-refractivity contribution in [2.24, 2.45) is 0 Å². The fourth-order valence-corrected chi connectivity index (χ4v) is 2.14. The highest BCUT2D eigenvalue weighted by Gasteiger charge is 2.06. The van der Waals surface area contributed by atoms with Crippen molar-refractivity contribution in [3.8, 4) is 17.2 Å². The van der Waals surface area contributed by atoms with Crippen LogP contribution < -0.4 is 0 Å². The number of aromatic nitrogens is 6. The molecule has 0 atom stereocenters. The maximum Gasteiger partial charge on any atom is 0.160 e. The van der Waals surface area contributed by atoms with Gasteiger partial charge in [0.2, 0.25) is 0 Å². The minimum atomic E-state index is 0.735. The number of imidazole rings is 1. The molecule has 0 saturated carbocycles. The fraction of sp³-hybridized carbons (Fsp3) is 0. The standard InChI is InChI=1S/C14H10N6/c1-2-11-6-7-16-20(11)13(3-1)12-4-5-14(18-17-12)19-9-8-15-10-19/h1-10H. The Kier molecular flexibility index (Phi) is 2.32. The molecule has 0 aliphatic rings. The fourth-order valence-electron chi connectivity index (χ4n) is 2.14. The molecule has 4 rings (SSSR count). The van der Waals surface area contributed by atoms with E-state index in [1.165, 1.54) is 0 Å². The van der Waals surface area contributed by atoms with Crippen LogP contribution in [0.25, 0.3) is 22.7 Å². The molecular weight excluding hydrogens is 252 g/mol. The van der Waals surface area contributed by atoms with Crippen molar-refractivity contribution in [3.63, 3.8) is 0 Å². The quantitative estimate of drug-likeness (QED) is 0.554. The molecule has 0 fully saturated rings. The first-order chi connectivity index (χ1) is 9.92. The molecule has 6 nitrogen and oxygen atoms in total. The average Bonchev–Trinajstić information content (AvgIpc) is 3.18. The lowest BCUT2D eigenvalue weighted by atomic mass is 10.2. The summed E-state index contributed by atoms with van der Waals surface area (Å²) in [6.45, 7) is 0. The summed E-state index contributed by atoms with van der Waals surface area (Å²) in [5.41, 5.74) is 2.73. The maximum absolute atomic E-state index is 4.30. The lowest BCUT2D eigenvalue weighted by molar-refractivity contribution is 0.900. The van der Waals surface area contributed by atoms with Crippen LogP contribution in [-0.4, -0.2) is 29.4 Å². The van der Waals surface area contributed by atoms with Crippen molar-refractivity contribution < 1.29 is 0 Å². The maximum atomic E-state index is 4.30. The van der Waals surface area contributed by atoms with Crippen molar-refractivity contribution in [2.45, 2.75) is 0 Å². The van der Waals surface area contributed by atoms with Crippen molar-refractivity contribution >= 4 is 5.52 Å². The number of nitrogens with zero attached hydrogens (tertiary/aromatic N) is 6. The van der Waals surface area contributed by atoms with Crippen LogP contribution in [0.5, 0.6) is 0 Å². The summed E-state index contributed by atoms with van der Waals surface area (Å²) >= 11 is 0. The van der Waals surface area contributed by atoms with Gasteiger partial charge in [0.1, 0.15) is 12.0 Å². The number of hydrogen-bond acceptors (Lipinski definition) is 4. The van der Waals surface area contributed by atoms with Gasteiger partial charge in [-0.3, -0.25) is 4.57 Å². The van der Waals surface area contributed by atoms with E-state index in [-0.39, 0.29) is 0 Å². The van der Waals surface area contributed by atoms with Crippen LogP contribution in [0.15, 0.2) is 61.3 Å². The number of pyridine rings is 1. The van der Waals surface area contributed by atoms with Gasteiger partial charge >= 0.3 is 0 Å². The predicted octanol–water partition coefficient (Wildman–Crippen LogP) is 1.98. The van der Waals surface area contributed by atoms with Crippen molar-refractivity contribution in [1.29, 1.82) is 0 Å². The van der Waals surface area contributed by atoms with E-state index in [0.717, 1.165) is 22.7 Å². The van der Waals surface area contributed by atoms with Gasteiger partial charge in [0, 0.05) is 12.4 Å². The highest BCUT2D eigenvalue weighted by molar-refractivity contribution is 5.60. The zero-order chi connectivity index (χ0) is 13.4. The summed E-state index contributed by atoms with van der Waals surface area (Å²) in [5, 5.41) is 12.8. The third-order valence-electron chi connectivity index (χ3n) is 3.10. The van der Waals surface area contributed by atoms with Crippen LogP contribution >= 0.6 is 0 Å². The molecule has 0 radical (unpaired) electrons. The second-order valence-electron chi connectivity index (χ2n) is 4.33.